The van der Waals surface area contributed by atoms with Crippen molar-refractivity contribution >= 4 is 10.8 Å². The molecule has 0 fully saturated rings. The fourth-order valence-corrected chi connectivity index (χ4v) is 2.30. The van der Waals surface area contributed by atoms with Gasteiger partial charge in [0.25, 0.3) is 0 Å². The van der Waals surface area contributed by atoms with E-state index in [9.17, 15) is 22.5 Å². The van der Waals surface area contributed by atoms with Crippen molar-refractivity contribution in [2.75, 3.05) is 6.26 Å². The first-order valence-corrected chi connectivity index (χ1v) is 7.88. The summed E-state index contributed by atoms with van der Waals surface area (Å²) in [5.74, 6) is 0. The zero-order chi connectivity index (χ0) is 16.3. The highest BCUT2D eigenvalue weighted by molar-refractivity contribution is 7.84. The van der Waals surface area contributed by atoms with Gasteiger partial charge >= 0.3 is 6.18 Å². The molecular weight excluding hydrogens is 319 g/mol. The maximum Gasteiger partial charge on any atom is 0.416 e. The summed E-state index contributed by atoms with van der Waals surface area (Å²) in [5.41, 5.74) is -0.142. The van der Waals surface area contributed by atoms with E-state index >= 15 is 0 Å². The Hall–Kier alpha value is -1.74. The molecule has 0 saturated carbocycles. The van der Waals surface area contributed by atoms with Crippen LogP contribution in [0, 0.1) is 0 Å². The zero-order valence-corrected chi connectivity index (χ0v) is 12.4. The predicted octanol–water partition coefficient (Wildman–Crippen LogP) is 1.64. The molecule has 120 valence electrons. The number of hydrogen-bond donors (Lipinski definition) is 1. The van der Waals surface area contributed by atoms with Crippen molar-refractivity contribution in [2.24, 2.45) is 0 Å². The molecule has 1 aromatic heterocycles. The van der Waals surface area contributed by atoms with Gasteiger partial charge in [-0.05, 0) is 17.7 Å². The smallest absolute Gasteiger partial charge is 0.391 e. The van der Waals surface area contributed by atoms with E-state index in [0.717, 1.165) is 12.1 Å². The third-order valence-electron chi connectivity index (χ3n) is 2.92. The van der Waals surface area contributed by atoms with E-state index in [1.165, 1.54) is 29.4 Å². The number of hydrogen-bond acceptors (Lipinski definition) is 4. The summed E-state index contributed by atoms with van der Waals surface area (Å²) in [6.45, 7) is 0.116. The summed E-state index contributed by atoms with van der Waals surface area (Å²) >= 11 is 0. The maximum atomic E-state index is 12.4. The Kier molecular flexibility index (Phi) is 4.97. The number of aliphatic hydroxyl groups excluding tert-OH is 1. The average Bonchev–Trinajstić information content (AvgIpc) is 2.86. The Morgan fingerprint density at radius 2 is 1.95 bits per heavy atom. The van der Waals surface area contributed by atoms with Crippen LogP contribution >= 0.6 is 0 Å². The highest BCUT2D eigenvalue weighted by Crippen LogP contribution is 2.29. The minimum atomic E-state index is -4.37. The van der Waals surface area contributed by atoms with Gasteiger partial charge in [-0.2, -0.15) is 13.2 Å². The lowest BCUT2D eigenvalue weighted by Crippen LogP contribution is -2.19. The van der Waals surface area contributed by atoms with Crippen LogP contribution in [0.2, 0.25) is 0 Å². The Morgan fingerprint density at radius 3 is 2.45 bits per heavy atom. The number of aromatic nitrogens is 3. The zero-order valence-electron chi connectivity index (χ0n) is 11.6. The highest BCUT2D eigenvalue weighted by Gasteiger charge is 2.29. The molecule has 0 amide bonds. The minimum Gasteiger partial charge on any atom is -0.391 e. The number of benzene rings is 1. The third kappa shape index (κ3) is 4.38. The van der Waals surface area contributed by atoms with Gasteiger partial charge in [-0.3, -0.25) is 4.21 Å². The van der Waals surface area contributed by atoms with Crippen molar-refractivity contribution in [1.82, 2.24) is 14.8 Å². The second-order valence-electron chi connectivity index (χ2n) is 4.76. The summed E-state index contributed by atoms with van der Waals surface area (Å²) in [7, 11) is -1.30. The maximum absolute atomic E-state index is 12.4. The molecule has 5 nitrogen and oxygen atoms in total. The van der Waals surface area contributed by atoms with Crippen LogP contribution in [-0.4, -0.2) is 36.4 Å². The van der Waals surface area contributed by atoms with E-state index in [-0.39, 0.29) is 18.1 Å². The average molecular weight is 333 g/mol. The monoisotopic (exact) mass is 333 g/mol. The molecule has 0 aliphatic heterocycles. The van der Waals surface area contributed by atoms with Crippen molar-refractivity contribution in [3.8, 4) is 0 Å². The molecule has 0 bridgehead atoms. The fourth-order valence-electron chi connectivity index (χ4n) is 1.88. The van der Waals surface area contributed by atoms with Crippen LogP contribution in [0.25, 0.3) is 0 Å². The van der Waals surface area contributed by atoms with Gasteiger partial charge in [0.2, 0.25) is 5.16 Å². The van der Waals surface area contributed by atoms with Crippen molar-refractivity contribution in [2.45, 2.75) is 30.4 Å². The van der Waals surface area contributed by atoms with Gasteiger partial charge in [-0.15, -0.1) is 5.10 Å². The molecule has 0 saturated heterocycles. The Morgan fingerprint density at radius 1 is 1.32 bits per heavy atom. The molecule has 9 heteroatoms. The first-order chi connectivity index (χ1) is 10.3. The molecule has 2 aromatic rings. The normalized spacial score (nSPS) is 14.8. The topological polar surface area (TPSA) is 68.0 Å². The van der Waals surface area contributed by atoms with Gasteiger partial charge in [-0.25, -0.2) is 9.67 Å². The van der Waals surface area contributed by atoms with E-state index in [2.05, 4.69) is 10.1 Å². The predicted molar refractivity (Wildman–Crippen MR) is 73.5 cm³/mol. The first kappa shape index (κ1) is 16.6. The minimum absolute atomic E-state index is 0.116. The molecule has 0 radical (unpaired) electrons. The van der Waals surface area contributed by atoms with Crippen LogP contribution in [0.5, 0.6) is 0 Å². The van der Waals surface area contributed by atoms with Crippen LogP contribution < -0.4 is 0 Å². The second-order valence-corrected chi connectivity index (χ2v) is 6.03. The van der Waals surface area contributed by atoms with Crippen LogP contribution in [0.1, 0.15) is 11.1 Å². The van der Waals surface area contributed by atoms with Crippen molar-refractivity contribution in [3.63, 3.8) is 0 Å². The molecule has 1 heterocycles. The summed E-state index contributed by atoms with van der Waals surface area (Å²) < 4.78 is 49.9. The molecule has 1 N–H and O–H groups in total. The number of aliphatic hydroxyl groups is 1. The van der Waals surface area contributed by atoms with Gasteiger partial charge in [0.15, 0.2) is 0 Å². The van der Waals surface area contributed by atoms with E-state index in [0.29, 0.717) is 5.56 Å². The van der Waals surface area contributed by atoms with Crippen LogP contribution in [0.3, 0.4) is 0 Å². The van der Waals surface area contributed by atoms with E-state index < -0.39 is 28.6 Å². The van der Waals surface area contributed by atoms with Crippen LogP contribution in [0.4, 0.5) is 13.2 Å². The number of rotatable bonds is 5. The first-order valence-electron chi connectivity index (χ1n) is 6.33. The lowest BCUT2D eigenvalue weighted by Gasteiger charge is -2.11. The Labute approximate surface area is 127 Å². The lowest BCUT2D eigenvalue weighted by atomic mass is 10.1. The van der Waals surface area contributed by atoms with Gasteiger partial charge in [0.05, 0.1) is 29.0 Å². The quantitative estimate of drug-likeness (QED) is 0.903. The number of alkyl halides is 3. The summed E-state index contributed by atoms with van der Waals surface area (Å²) in [4.78, 5) is 3.83. The summed E-state index contributed by atoms with van der Waals surface area (Å²) in [6, 6.07) is 4.63. The van der Waals surface area contributed by atoms with E-state index in [1.807, 2.05) is 0 Å². The number of halogens is 3. The molecule has 2 atom stereocenters. The van der Waals surface area contributed by atoms with Crippen molar-refractivity contribution in [3.05, 3.63) is 41.7 Å². The summed E-state index contributed by atoms with van der Waals surface area (Å²) in [6.07, 6.45) is -2.23. The van der Waals surface area contributed by atoms with Gasteiger partial charge in [0, 0.05) is 12.7 Å². The Bertz CT molecular complexity index is 655. The fraction of sp³-hybridized carbons (Fsp3) is 0.385. The van der Waals surface area contributed by atoms with Crippen molar-refractivity contribution in [1.29, 1.82) is 0 Å². The van der Waals surface area contributed by atoms with Gasteiger partial charge in [0.1, 0.15) is 6.33 Å². The third-order valence-corrected chi connectivity index (χ3v) is 3.62. The molecule has 2 rings (SSSR count). The van der Waals surface area contributed by atoms with Crippen LogP contribution in [-0.2, 0) is 29.9 Å². The summed E-state index contributed by atoms with van der Waals surface area (Å²) in [5, 5.41) is 14.0. The molecular formula is C13H14F3N3O2S. The molecule has 0 aliphatic rings. The van der Waals surface area contributed by atoms with Gasteiger partial charge in [-0.1, -0.05) is 12.1 Å². The Balaban J connectivity index is 1.96. The molecule has 0 aliphatic carbocycles. The van der Waals surface area contributed by atoms with Gasteiger partial charge < -0.3 is 5.11 Å². The lowest BCUT2D eigenvalue weighted by molar-refractivity contribution is -0.137. The van der Waals surface area contributed by atoms with Crippen LogP contribution in [0.15, 0.2) is 35.7 Å². The molecule has 0 unspecified atom stereocenters. The second kappa shape index (κ2) is 6.57. The molecule has 0 spiro atoms. The SMILES string of the molecule is C[S@@](=O)c1ncn(C[C@@H](O)Cc2ccc(C(F)(F)F)cc2)n1. The highest BCUT2D eigenvalue weighted by atomic mass is 32.2. The van der Waals surface area contributed by atoms with Crippen molar-refractivity contribution < 1.29 is 22.5 Å². The number of nitrogens with zero attached hydrogens (tertiary/aromatic N) is 3. The molecule has 22 heavy (non-hydrogen) atoms. The largest absolute Gasteiger partial charge is 0.416 e. The van der Waals surface area contributed by atoms with E-state index in [4.69, 9.17) is 0 Å². The van der Waals surface area contributed by atoms with E-state index in [1.54, 1.807) is 0 Å². The molecule has 1 aromatic carbocycles. The standard InChI is InChI=1S/C13H14F3N3O2S/c1-22(21)12-17-8-19(18-12)7-11(20)6-9-2-4-10(5-3-9)13(14,15)16/h2-5,8,11,20H,6-7H2,1H3/t11-,22+/m0/s1.